The zero-order valence-corrected chi connectivity index (χ0v) is 21.1. The van der Waals surface area contributed by atoms with E-state index in [1.807, 2.05) is 25.1 Å². The van der Waals surface area contributed by atoms with Crippen molar-refractivity contribution in [1.82, 2.24) is 19.9 Å². The van der Waals surface area contributed by atoms with Crippen LogP contribution in [0.15, 0.2) is 54.7 Å². The van der Waals surface area contributed by atoms with Crippen molar-refractivity contribution in [2.45, 2.75) is 51.7 Å². The number of halogens is 1. The van der Waals surface area contributed by atoms with Crippen molar-refractivity contribution in [2.75, 3.05) is 11.9 Å². The van der Waals surface area contributed by atoms with E-state index in [9.17, 15) is 14.3 Å². The second-order valence-electron chi connectivity index (χ2n) is 10.1. The van der Waals surface area contributed by atoms with Gasteiger partial charge in [-0.1, -0.05) is 12.1 Å². The number of hydrogen-bond donors (Lipinski definition) is 3. The van der Waals surface area contributed by atoms with Gasteiger partial charge in [-0.15, -0.1) is 5.10 Å². The number of amides is 1. The average Bonchev–Trinajstić information content (AvgIpc) is 3.53. The standard InChI is InChI=1S/C28H30FN5O3/c1-17-13-18(7-10-22(17)27(35)32-20-8-9-20)24-16-31-26-23(30-12-11-28(2,3)36)15-25(33-34(24)26)37-21-6-4-5-19(29)14-21/h4-7,10,13-16,20,30,36H,8-9,11-12H2,1-3H3,(H,32,35). The van der Waals surface area contributed by atoms with Crippen LogP contribution in [0, 0.1) is 12.7 Å². The maximum atomic E-state index is 13.7. The van der Waals surface area contributed by atoms with Gasteiger partial charge in [0.2, 0.25) is 5.88 Å². The molecule has 9 heteroatoms. The first-order valence-corrected chi connectivity index (χ1v) is 12.4. The highest BCUT2D eigenvalue weighted by atomic mass is 19.1. The van der Waals surface area contributed by atoms with Gasteiger partial charge in [0.15, 0.2) is 5.65 Å². The van der Waals surface area contributed by atoms with Crippen LogP contribution in [0.3, 0.4) is 0 Å². The molecule has 0 spiro atoms. The van der Waals surface area contributed by atoms with Crippen LogP contribution in [-0.2, 0) is 0 Å². The summed E-state index contributed by atoms with van der Waals surface area (Å²) in [7, 11) is 0. The topological polar surface area (TPSA) is 101 Å². The van der Waals surface area contributed by atoms with Crippen LogP contribution in [0.4, 0.5) is 10.1 Å². The first kappa shape index (κ1) is 24.7. The molecule has 0 saturated heterocycles. The van der Waals surface area contributed by atoms with Gasteiger partial charge in [0.1, 0.15) is 11.6 Å². The predicted molar refractivity (Wildman–Crippen MR) is 140 cm³/mol. The van der Waals surface area contributed by atoms with Gasteiger partial charge in [-0.25, -0.2) is 13.9 Å². The number of benzene rings is 2. The van der Waals surface area contributed by atoms with E-state index in [0.717, 1.165) is 24.0 Å². The number of nitrogens with one attached hydrogen (secondary N) is 2. The molecule has 0 bridgehead atoms. The Morgan fingerprint density at radius 1 is 1.22 bits per heavy atom. The minimum Gasteiger partial charge on any atom is -0.437 e. The summed E-state index contributed by atoms with van der Waals surface area (Å²) < 4.78 is 21.3. The van der Waals surface area contributed by atoms with E-state index in [1.54, 1.807) is 42.8 Å². The normalized spacial score (nSPS) is 13.5. The molecule has 37 heavy (non-hydrogen) atoms. The zero-order chi connectivity index (χ0) is 26.2. The number of hydrogen-bond acceptors (Lipinski definition) is 6. The summed E-state index contributed by atoms with van der Waals surface area (Å²) in [6, 6.07) is 13.5. The molecule has 0 radical (unpaired) electrons. The van der Waals surface area contributed by atoms with Crippen molar-refractivity contribution in [1.29, 1.82) is 0 Å². The molecule has 1 amide bonds. The predicted octanol–water partition coefficient (Wildman–Crippen LogP) is 5.10. The molecule has 0 atom stereocenters. The van der Waals surface area contributed by atoms with E-state index in [2.05, 4.69) is 20.7 Å². The monoisotopic (exact) mass is 503 g/mol. The van der Waals surface area contributed by atoms with Crippen LogP contribution < -0.4 is 15.4 Å². The van der Waals surface area contributed by atoms with E-state index < -0.39 is 11.4 Å². The number of aliphatic hydroxyl groups is 1. The largest absolute Gasteiger partial charge is 0.437 e. The summed E-state index contributed by atoms with van der Waals surface area (Å²) in [6.07, 6.45) is 4.29. The molecule has 3 N–H and O–H groups in total. The molecule has 2 heterocycles. The second kappa shape index (κ2) is 9.82. The van der Waals surface area contributed by atoms with Crippen molar-refractivity contribution < 1.29 is 19.0 Å². The Morgan fingerprint density at radius 3 is 2.73 bits per heavy atom. The molecule has 5 rings (SSSR count). The molecular formula is C28H30FN5O3. The SMILES string of the molecule is Cc1cc(-c2cnc3c(NCCC(C)(C)O)cc(Oc4cccc(F)c4)nn23)ccc1C(=O)NC1CC1. The lowest BCUT2D eigenvalue weighted by atomic mass is 10.0. The van der Waals surface area contributed by atoms with Crippen LogP contribution in [0.1, 0.15) is 49.0 Å². The van der Waals surface area contributed by atoms with Crippen LogP contribution in [0.25, 0.3) is 16.9 Å². The third-order valence-corrected chi connectivity index (χ3v) is 6.20. The Kier molecular flexibility index (Phi) is 6.55. The summed E-state index contributed by atoms with van der Waals surface area (Å²) in [5, 5.41) is 21.1. The molecule has 0 aliphatic heterocycles. The van der Waals surface area contributed by atoms with Crippen LogP contribution in [0.5, 0.6) is 11.6 Å². The van der Waals surface area contributed by atoms with Crippen molar-refractivity contribution >= 4 is 17.2 Å². The lowest BCUT2D eigenvalue weighted by Crippen LogP contribution is -2.26. The summed E-state index contributed by atoms with van der Waals surface area (Å²) in [5.74, 6) is 0.0942. The Morgan fingerprint density at radius 2 is 2.03 bits per heavy atom. The smallest absolute Gasteiger partial charge is 0.251 e. The van der Waals surface area contributed by atoms with Crippen molar-refractivity contribution in [3.05, 3.63) is 71.7 Å². The first-order chi connectivity index (χ1) is 17.7. The highest BCUT2D eigenvalue weighted by Crippen LogP contribution is 2.30. The Labute approximate surface area is 214 Å². The number of imidazole rings is 1. The number of nitrogens with zero attached hydrogens (tertiary/aromatic N) is 3. The van der Waals surface area contributed by atoms with Gasteiger partial charge in [-0.3, -0.25) is 4.79 Å². The summed E-state index contributed by atoms with van der Waals surface area (Å²) in [4.78, 5) is 17.2. The number of aromatic nitrogens is 3. The summed E-state index contributed by atoms with van der Waals surface area (Å²) in [5.41, 5.74) is 3.44. The molecule has 1 aliphatic carbocycles. The number of ether oxygens (including phenoxy) is 1. The molecule has 8 nitrogen and oxygen atoms in total. The van der Waals surface area contributed by atoms with Crippen LogP contribution in [-0.4, -0.2) is 43.8 Å². The Bertz CT molecular complexity index is 1460. The quantitative estimate of drug-likeness (QED) is 0.294. The maximum Gasteiger partial charge on any atom is 0.251 e. The Hall–Kier alpha value is -3.98. The fourth-order valence-corrected chi connectivity index (χ4v) is 4.05. The third-order valence-electron chi connectivity index (χ3n) is 6.20. The van der Waals surface area contributed by atoms with Gasteiger partial charge in [0, 0.05) is 35.8 Å². The average molecular weight is 504 g/mol. The number of aryl methyl sites for hydroxylation is 1. The molecule has 1 saturated carbocycles. The van der Waals surface area contributed by atoms with Crippen molar-refractivity contribution in [3.63, 3.8) is 0 Å². The number of carbonyl (C=O) groups is 1. The summed E-state index contributed by atoms with van der Waals surface area (Å²) in [6.45, 7) is 5.90. The van der Waals surface area contributed by atoms with Gasteiger partial charge < -0.3 is 20.5 Å². The Balaban J connectivity index is 1.51. The van der Waals surface area contributed by atoms with Crippen LogP contribution >= 0.6 is 0 Å². The van der Waals surface area contributed by atoms with Crippen molar-refractivity contribution in [2.24, 2.45) is 0 Å². The molecule has 1 fully saturated rings. The zero-order valence-electron chi connectivity index (χ0n) is 21.1. The minimum absolute atomic E-state index is 0.0631. The number of carbonyl (C=O) groups excluding carboxylic acids is 1. The minimum atomic E-state index is -0.830. The fraction of sp³-hybridized carbons (Fsp3) is 0.321. The highest BCUT2D eigenvalue weighted by molar-refractivity contribution is 5.96. The molecule has 0 unspecified atom stereocenters. The first-order valence-electron chi connectivity index (χ1n) is 12.4. The molecular weight excluding hydrogens is 473 g/mol. The molecule has 1 aliphatic rings. The fourth-order valence-electron chi connectivity index (χ4n) is 4.05. The number of fused-ring (bicyclic) bond motifs is 1. The van der Waals surface area contributed by atoms with Gasteiger partial charge in [0.05, 0.1) is 23.2 Å². The molecule has 192 valence electrons. The third kappa shape index (κ3) is 5.89. The van der Waals surface area contributed by atoms with E-state index in [0.29, 0.717) is 41.3 Å². The second-order valence-corrected chi connectivity index (χ2v) is 10.1. The van der Waals surface area contributed by atoms with Gasteiger partial charge in [-0.05, 0) is 69.9 Å². The maximum absolute atomic E-state index is 13.7. The molecule has 2 aromatic heterocycles. The number of rotatable bonds is 9. The molecule has 2 aromatic carbocycles. The van der Waals surface area contributed by atoms with Crippen molar-refractivity contribution in [3.8, 4) is 22.9 Å². The highest BCUT2D eigenvalue weighted by Gasteiger charge is 2.24. The number of anilines is 1. The lowest BCUT2D eigenvalue weighted by molar-refractivity contribution is 0.0748. The summed E-state index contributed by atoms with van der Waals surface area (Å²) >= 11 is 0. The lowest BCUT2D eigenvalue weighted by Gasteiger charge is -2.18. The van der Waals surface area contributed by atoms with E-state index in [4.69, 9.17) is 4.74 Å². The van der Waals surface area contributed by atoms with E-state index >= 15 is 0 Å². The van der Waals surface area contributed by atoms with Crippen LogP contribution in [0.2, 0.25) is 0 Å². The molecule has 4 aromatic rings. The van der Waals surface area contributed by atoms with E-state index in [1.165, 1.54) is 12.1 Å². The van der Waals surface area contributed by atoms with Gasteiger partial charge in [-0.2, -0.15) is 0 Å². The van der Waals surface area contributed by atoms with E-state index in [-0.39, 0.29) is 17.8 Å². The van der Waals surface area contributed by atoms with Gasteiger partial charge in [0.25, 0.3) is 5.91 Å². The van der Waals surface area contributed by atoms with Gasteiger partial charge >= 0.3 is 0 Å².